The molecule has 0 amide bonds. The molecule has 1 saturated heterocycles. The summed E-state index contributed by atoms with van der Waals surface area (Å²) in [5, 5.41) is 9.62. The van der Waals surface area contributed by atoms with E-state index in [4.69, 9.17) is 9.47 Å². The van der Waals surface area contributed by atoms with E-state index in [1.165, 1.54) is 44.2 Å². The van der Waals surface area contributed by atoms with Gasteiger partial charge in [-0.25, -0.2) is 0 Å². The number of benzene rings is 1. The van der Waals surface area contributed by atoms with Gasteiger partial charge < -0.3 is 14.6 Å². The summed E-state index contributed by atoms with van der Waals surface area (Å²) in [5.41, 5.74) is 2.43. The van der Waals surface area contributed by atoms with Crippen molar-refractivity contribution in [2.75, 3.05) is 46.5 Å². The van der Waals surface area contributed by atoms with Crippen molar-refractivity contribution in [3.8, 4) is 5.75 Å². The summed E-state index contributed by atoms with van der Waals surface area (Å²) in [7, 11) is 1.72. The number of methoxy groups -OCH3 is 1. The molecule has 0 bridgehead atoms. The highest BCUT2D eigenvalue weighted by atomic mass is 16.5. The molecule has 164 valence electrons. The maximum Gasteiger partial charge on any atom is 0.124 e. The highest BCUT2D eigenvalue weighted by Crippen LogP contribution is 2.27. The van der Waals surface area contributed by atoms with Gasteiger partial charge in [0.15, 0.2) is 0 Å². The SMILES string of the molecule is CCOCc1cc(CN2CCN(CC3CCCCC3)C(CCO)C2)ccc1OC. The van der Waals surface area contributed by atoms with Gasteiger partial charge in [0, 0.05) is 57.5 Å². The van der Waals surface area contributed by atoms with Gasteiger partial charge in [0.1, 0.15) is 5.75 Å². The maximum atomic E-state index is 9.62. The Morgan fingerprint density at radius 2 is 1.97 bits per heavy atom. The molecular weight excluding hydrogens is 364 g/mol. The fourth-order valence-electron chi connectivity index (χ4n) is 4.98. The summed E-state index contributed by atoms with van der Waals surface area (Å²) < 4.78 is 11.1. The van der Waals surface area contributed by atoms with Gasteiger partial charge in [-0.3, -0.25) is 9.80 Å². The van der Waals surface area contributed by atoms with Crippen molar-refractivity contribution in [1.29, 1.82) is 0 Å². The van der Waals surface area contributed by atoms with Crippen LogP contribution in [0.1, 0.15) is 56.6 Å². The first-order chi connectivity index (χ1) is 14.2. The molecule has 3 rings (SSSR count). The smallest absolute Gasteiger partial charge is 0.124 e. The summed E-state index contributed by atoms with van der Waals surface area (Å²) in [6, 6.07) is 6.93. The van der Waals surface area contributed by atoms with Crippen molar-refractivity contribution in [2.24, 2.45) is 5.92 Å². The second kappa shape index (κ2) is 11.9. The Balaban J connectivity index is 1.59. The molecule has 1 saturated carbocycles. The zero-order chi connectivity index (χ0) is 20.5. The number of nitrogens with zero attached hydrogens (tertiary/aromatic N) is 2. The van der Waals surface area contributed by atoms with Crippen LogP contribution in [-0.2, 0) is 17.9 Å². The minimum Gasteiger partial charge on any atom is -0.496 e. The van der Waals surface area contributed by atoms with Crippen molar-refractivity contribution in [1.82, 2.24) is 9.80 Å². The lowest BCUT2D eigenvalue weighted by atomic mass is 9.88. The third-order valence-corrected chi connectivity index (χ3v) is 6.58. The van der Waals surface area contributed by atoms with Crippen molar-refractivity contribution < 1.29 is 14.6 Å². The van der Waals surface area contributed by atoms with E-state index in [2.05, 4.69) is 28.0 Å². The zero-order valence-electron chi connectivity index (χ0n) is 18.4. The van der Waals surface area contributed by atoms with E-state index in [0.717, 1.165) is 49.8 Å². The lowest BCUT2D eigenvalue weighted by Gasteiger charge is -2.43. The van der Waals surface area contributed by atoms with Gasteiger partial charge in [0.05, 0.1) is 13.7 Å². The van der Waals surface area contributed by atoms with Crippen LogP contribution in [0.3, 0.4) is 0 Å². The fourth-order valence-corrected chi connectivity index (χ4v) is 4.98. The molecule has 2 fully saturated rings. The maximum absolute atomic E-state index is 9.62. The van der Waals surface area contributed by atoms with Crippen LogP contribution < -0.4 is 4.74 Å². The molecule has 0 radical (unpaired) electrons. The van der Waals surface area contributed by atoms with Gasteiger partial charge in [-0.1, -0.05) is 25.3 Å². The Morgan fingerprint density at radius 3 is 2.69 bits per heavy atom. The largest absolute Gasteiger partial charge is 0.496 e. The first-order valence-corrected chi connectivity index (χ1v) is 11.5. The van der Waals surface area contributed by atoms with Gasteiger partial charge >= 0.3 is 0 Å². The first-order valence-electron chi connectivity index (χ1n) is 11.5. The predicted octanol–water partition coefficient (Wildman–Crippen LogP) is 3.68. The average molecular weight is 405 g/mol. The molecule has 1 aromatic rings. The van der Waals surface area contributed by atoms with Crippen LogP contribution in [0.2, 0.25) is 0 Å². The molecule has 1 atom stereocenters. The number of aliphatic hydroxyl groups is 1. The van der Waals surface area contributed by atoms with E-state index in [0.29, 0.717) is 19.3 Å². The summed E-state index contributed by atoms with van der Waals surface area (Å²) in [4.78, 5) is 5.21. The van der Waals surface area contributed by atoms with E-state index >= 15 is 0 Å². The molecule has 0 spiro atoms. The quantitative estimate of drug-likeness (QED) is 0.644. The molecule has 0 aromatic heterocycles. The van der Waals surface area contributed by atoms with E-state index in [-0.39, 0.29) is 6.61 Å². The van der Waals surface area contributed by atoms with Crippen LogP contribution in [-0.4, -0.2) is 67.5 Å². The summed E-state index contributed by atoms with van der Waals surface area (Å²) in [5.74, 6) is 1.76. The summed E-state index contributed by atoms with van der Waals surface area (Å²) in [6.07, 6.45) is 7.87. The van der Waals surface area contributed by atoms with Gasteiger partial charge in [0.25, 0.3) is 0 Å². The van der Waals surface area contributed by atoms with E-state index < -0.39 is 0 Å². The van der Waals surface area contributed by atoms with Crippen molar-refractivity contribution in [3.63, 3.8) is 0 Å². The monoisotopic (exact) mass is 404 g/mol. The molecular formula is C24H40N2O3. The Morgan fingerprint density at radius 1 is 1.14 bits per heavy atom. The Bertz CT molecular complexity index is 604. The summed E-state index contributed by atoms with van der Waals surface area (Å²) in [6.45, 7) is 9.02. The van der Waals surface area contributed by atoms with Gasteiger partial charge in [-0.15, -0.1) is 0 Å². The number of hydrogen-bond acceptors (Lipinski definition) is 5. The second-order valence-corrected chi connectivity index (χ2v) is 8.68. The van der Waals surface area contributed by atoms with Gasteiger partial charge in [-0.05, 0) is 49.8 Å². The van der Waals surface area contributed by atoms with E-state index in [9.17, 15) is 5.11 Å². The topological polar surface area (TPSA) is 45.2 Å². The molecule has 1 unspecified atom stereocenters. The molecule has 1 aliphatic heterocycles. The fraction of sp³-hybridized carbons (Fsp3) is 0.750. The van der Waals surface area contributed by atoms with Crippen LogP contribution in [0.25, 0.3) is 0 Å². The second-order valence-electron chi connectivity index (χ2n) is 8.68. The van der Waals surface area contributed by atoms with Gasteiger partial charge in [-0.2, -0.15) is 0 Å². The number of hydrogen-bond donors (Lipinski definition) is 1. The van der Waals surface area contributed by atoms with Gasteiger partial charge in [0.2, 0.25) is 0 Å². The highest BCUT2D eigenvalue weighted by Gasteiger charge is 2.29. The van der Waals surface area contributed by atoms with Crippen molar-refractivity contribution >= 4 is 0 Å². The Hall–Kier alpha value is -1.14. The lowest BCUT2D eigenvalue weighted by molar-refractivity contribution is 0.0400. The number of aliphatic hydroxyl groups excluding tert-OH is 1. The van der Waals surface area contributed by atoms with E-state index in [1.54, 1.807) is 7.11 Å². The van der Waals surface area contributed by atoms with E-state index in [1.807, 2.05) is 6.92 Å². The van der Waals surface area contributed by atoms with Crippen LogP contribution in [0.4, 0.5) is 0 Å². The lowest BCUT2D eigenvalue weighted by Crippen LogP contribution is -2.54. The number of rotatable bonds is 10. The molecule has 1 N–H and O–H groups in total. The number of ether oxygens (including phenoxy) is 2. The zero-order valence-corrected chi connectivity index (χ0v) is 18.4. The van der Waals surface area contributed by atoms with Crippen LogP contribution in [0.15, 0.2) is 18.2 Å². The molecule has 29 heavy (non-hydrogen) atoms. The molecule has 1 aliphatic carbocycles. The number of piperazine rings is 1. The standard InChI is InChI=1S/C24H40N2O3/c1-3-29-19-22-15-21(9-10-24(22)28-2)16-25-12-13-26(23(18-25)11-14-27)17-20-7-5-4-6-8-20/h9-10,15,20,23,27H,3-8,11-14,16-19H2,1-2H3. The minimum absolute atomic E-state index is 0.278. The van der Waals surface area contributed by atoms with Crippen LogP contribution >= 0.6 is 0 Å². The average Bonchev–Trinajstić information content (AvgIpc) is 2.75. The first kappa shape index (κ1) is 22.5. The predicted molar refractivity (Wildman–Crippen MR) is 117 cm³/mol. The Labute approximate surface area is 177 Å². The third-order valence-electron chi connectivity index (χ3n) is 6.58. The van der Waals surface area contributed by atoms with Crippen molar-refractivity contribution in [2.45, 2.75) is 64.6 Å². The van der Waals surface area contributed by atoms with Crippen molar-refractivity contribution in [3.05, 3.63) is 29.3 Å². The molecule has 5 heteroatoms. The van der Waals surface area contributed by atoms with Crippen LogP contribution in [0, 0.1) is 5.92 Å². The Kier molecular flexibility index (Phi) is 9.25. The highest BCUT2D eigenvalue weighted by molar-refractivity contribution is 5.37. The van der Waals surface area contributed by atoms with Crippen LogP contribution in [0.5, 0.6) is 5.75 Å². The third kappa shape index (κ3) is 6.68. The normalized spacial score (nSPS) is 22.1. The molecule has 1 aromatic carbocycles. The summed E-state index contributed by atoms with van der Waals surface area (Å²) >= 11 is 0. The molecule has 2 aliphatic rings. The molecule has 1 heterocycles. The minimum atomic E-state index is 0.278. The molecule has 5 nitrogen and oxygen atoms in total.